The zero-order valence-electron chi connectivity index (χ0n) is 15.5. The fourth-order valence-electron chi connectivity index (χ4n) is 4.22. The first-order chi connectivity index (χ1) is 13.5. The molecule has 1 aliphatic carbocycles. The molecule has 6 heteroatoms. The SMILES string of the molecule is O=C(O)CCCOc1c(F)cc(-c2cccc3c2OC2(CCCC2)C3)cc1F. The predicted molar refractivity (Wildman–Crippen MR) is 99.7 cm³/mol. The number of rotatable bonds is 6. The standard InChI is InChI=1S/C22H22F2O4/c23-17-11-15(12-18(24)21(17)27-10-4-7-19(25)26)16-6-3-5-14-13-22(28-20(14)16)8-1-2-9-22/h3,5-6,11-12H,1-2,4,7-10,13H2,(H,25,26). The third-order valence-electron chi connectivity index (χ3n) is 5.53. The number of hydrogen-bond acceptors (Lipinski definition) is 3. The predicted octanol–water partition coefficient (Wildman–Crippen LogP) is 5.12. The second kappa shape index (κ2) is 7.41. The zero-order valence-corrected chi connectivity index (χ0v) is 15.5. The van der Waals surface area contributed by atoms with E-state index in [2.05, 4.69) is 0 Å². The van der Waals surface area contributed by atoms with Gasteiger partial charge in [-0.25, -0.2) is 8.78 Å². The molecule has 1 fully saturated rings. The van der Waals surface area contributed by atoms with Crippen LogP contribution < -0.4 is 9.47 Å². The lowest BCUT2D eigenvalue weighted by molar-refractivity contribution is -0.137. The highest BCUT2D eigenvalue weighted by atomic mass is 19.1. The van der Waals surface area contributed by atoms with Crippen LogP contribution in [0.15, 0.2) is 30.3 Å². The monoisotopic (exact) mass is 388 g/mol. The van der Waals surface area contributed by atoms with Crippen molar-refractivity contribution in [2.75, 3.05) is 6.61 Å². The van der Waals surface area contributed by atoms with Crippen LogP contribution in [0.4, 0.5) is 8.78 Å². The number of halogens is 2. The van der Waals surface area contributed by atoms with E-state index in [1.807, 2.05) is 18.2 Å². The average molecular weight is 388 g/mol. The largest absolute Gasteiger partial charge is 0.488 e. The Morgan fingerprint density at radius 2 is 1.89 bits per heavy atom. The normalized spacial score (nSPS) is 16.8. The van der Waals surface area contributed by atoms with Crippen molar-refractivity contribution in [3.8, 4) is 22.6 Å². The van der Waals surface area contributed by atoms with E-state index in [1.54, 1.807) is 0 Å². The van der Waals surface area contributed by atoms with Crippen LogP contribution in [0.5, 0.6) is 11.5 Å². The molecule has 0 bridgehead atoms. The molecule has 148 valence electrons. The second-order valence-electron chi connectivity index (χ2n) is 7.58. The Labute approximate surface area is 162 Å². The van der Waals surface area contributed by atoms with Gasteiger partial charge in [-0.05, 0) is 55.4 Å². The molecule has 1 saturated carbocycles. The Kier molecular flexibility index (Phi) is 4.96. The number of carboxylic acid groups (broad SMARTS) is 1. The van der Waals surface area contributed by atoms with Crippen molar-refractivity contribution in [2.24, 2.45) is 0 Å². The maximum Gasteiger partial charge on any atom is 0.303 e. The maximum atomic E-state index is 14.5. The third-order valence-corrected chi connectivity index (χ3v) is 5.53. The maximum absolute atomic E-state index is 14.5. The molecule has 1 N–H and O–H groups in total. The molecule has 1 aliphatic heterocycles. The number of fused-ring (bicyclic) bond motifs is 1. The summed E-state index contributed by atoms with van der Waals surface area (Å²) in [5.41, 5.74) is 1.99. The third kappa shape index (κ3) is 3.55. The fourth-order valence-corrected chi connectivity index (χ4v) is 4.22. The molecule has 2 aliphatic rings. The van der Waals surface area contributed by atoms with Crippen LogP contribution in [0.2, 0.25) is 0 Å². The van der Waals surface area contributed by atoms with Crippen LogP contribution >= 0.6 is 0 Å². The zero-order chi connectivity index (χ0) is 19.7. The second-order valence-corrected chi connectivity index (χ2v) is 7.58. The van der Waals surface area contributed by atoms with E-state index in [0.29, 0.717) is 11.1 Å². The van der Waals surface area contributed by atoms with Crippen molar-refractivity contribution >= 4 is 5.97 Å². The summed E-state index contributed by atoms with van der Waals surface area (Å²) in [5.74, 6) is -2.35. The van der Waals surface area contributed by atoms with Gasteiger partial charge in [0.2, 0.25) is 0 Å². The van der Waals surface area contributed by atoms with E-state index in [0.717, 1.165) is 43.4 Å². The molecular weight excluding hydrogens is 366 g/mol. The first-order valence-corrected chi connectivity index (χ1v) is 9.62. The summed E-state index contributed by atoms with van der Waals surface area (Å²) in [4.78, 5) is 10.5. The molecule has 4 rings (SSSR count). The fraction of sp³-hybridized carbons (Fsp3) is 0.409. The topological polar surface area (TPSA) is 55.8 Å². The molecule has 0 radical (unpaired) electrons. The van der Waals surface area contributed by atoms with Gasteiger partial charge < -0.3 is 14.6 Å². The number of benzene rings is 2. The smallest absolute Gasteiger partial charge is 0.303 e. The van der Waals surface area contributed by atoms with Gasteiger partial charge in [0.1, 0.15) is 11.4 Å². The Morgan fingerprint density at radius 3 is 2.57 bits per heavy atom. The van der Waals surface area contributed by atoms with Crippen molar-refractivity contribution in [2.45, 2.75) is 50.5 Å². The molecule has 0 amide bonds. The summed E-state index contributed by atoms with van der Waals surface area (Å²) in [6.07, 6.45) is 5.20. The van der Waals surface area contributed by atoms with E-state index in [1.165, 1.54) is 12.1 Å². The van der Waals surface area contributed by atoms with Crippen LogP contribution in [-0.4, -0.2) is 23.3 Å². The number of para-hydroxylation sites is 1. The van der Waals surface area contributed by atoms with Gasteiger partial charge in [0.25, 0.3) is 0 Å². The summed E-state index contributed by atoms with van der Waals surface area (Å²) in [7, 11) is 0. The van der Waals surface area contributed by atoms with Crippen molar-refractivity contribution in [1.82, 2.24) is 0 Å². The summed E-state index contributed by atoms with van der Waals surface area (Å²) >= 11 is 0. The first-order valence-electron chi connectivity index (χ1n) is 9.62. The average Bonchev–Trinajstić information content (AvgIpc) is 3.25. The molecule has 0 atom stereocenters. The number of aliphatic carboxylic acids is 1. The Bertz CT molecular complexity index is 880. The molecule has 2 aromatic carbocycles. The number of carboxylic acids is 1. The van der Waals surface area contributed by atoms with Crippen LogP contribution in [0.25, 0.3) is 11.1 Å². The highest BCUT2D eigenvalue weighted by Crippen LogP contribution is 2.48. The summed E-state index contributed by atoms with van der Waals surface area (Å²) in [6.45, 7) is -0.0636. The molecule has 4 nitrogen and oxygen atoms in total. The minimum atomic E-state index is -0.974. The highest BCUT2D eigenvalue weighted by molar-refractivity contribution is 5.74. The molecule has 1 spiro atoms. The first kappa shape index (κ1) is 18.7. The molecular formula is C22H22F2O4. The van der Waals surface area contributed by atoms with E-state index in [-0.39, 0.29) is 25.0 Å². The summed E-state index contributed by atoms with van der Waals surface area (Å²) in [6, 6.07) is 8.20. The van der Waals surface area contributed by atoms with Crippen LogP contribution in [0, 0.1) is 11.6 Å². The molecule has 0 aromatic heterocycles. The quantitative estimate of drug-likeness (QED) is 0.698. The lowest BCUT2D eigenvalue weighted by atomic mass is 9.94. The minimum absolute atomic E-state index is 0.0636. The van der Waals surface area contributed by atoms with Crippen molar-refractivity contribution < 1.29 is 28.2 Å². The Hall–Kier alpha value is -2.63. The van der Waals surface area contributed by atoms with Gasteiger partial charge in [0, 0.05) is 18.4 Å². The Balaban J connectivity index is 1.58. The lowest BCUT2D eigenvalue weighted by Crippen LogP contribution is -2.30. The number of carbonyl (C=O) groups is 1. The van der Waals surface area contributed by atoms with E-state index in [4.69, 9.17) is 14.6 Å². The summed E-state index contributed by atoms with van der Waals surface area (Å²) in [5, 5.41) is 8.62. The molecule has 0 unspecified atom stereocenters. The summed E-state index contributed by atoms with van der Waals surface area (Å²) < 4.78 is 40.5. The van der Waals surface area contributed by atoms with Crippen LogP contribution in [0.3, 0.4) is 0 Å². The van der Waals surface area contributed by atoms with Gasteiger partial charge in [-0.3, -0.25) is 4.79 Å². The minimum Gasteiger partial charge on any atom is -0.488 e. The molecule has 2 aromatic rings. The molecule has 0 saturated heterocycles. The van der Waals surface area contributed by atoms with Gasteiger partial charge in [-0.15, -0.1) is 0 Å². The van der Waals surface area contributed by atoms with E-state index in [9.17, 15) is 13.6 Å². The van der Waals surface area contributed by atoms with E-state index < -0.39 is 23.4 Å². The number of ether oxygens (including phenoxy) is 2. The van der Waals surface area contributed by atoms with Gasteiger partial charge in [0.15, 0.2) is 17.4 Å². The van der Waals surface area contributed by atoms with Crippen molar-refractivity contribution in [3.63, 3.8) is 0 Å². The Morgan fingerprint density at radius 1 is 1.18 bits per heavy atom. The van der Waals surface area contributed by atoms with Crippen molar-refractivity contribution in [1.29, 1.82) is 0 Å². The highest BCUT2D eigenvalue weighted by Gasteiger charge is 2.42. The van der Waals surface area contributed by atoms with Gasteiger partial charge in [-0.2, -0.15) is 0 Å². The number of hydrogen-bond donors (Lipinski definition) is 1. The van der Waals surface area contributed by atoms with Crippen molar-refractivity contribution in [3.05, 3.63) is 47.5 Å². The van der Waals surface area contributed by atoms with Crippen LogP contribution in [0.1, 0.15) is 44.1 Å². The van der Waals surface area contributed by atoms with Gasteiger partial charge in [0.05, 0.1) is 6.61 Å². The molecule has 28 heavy (non-hydrogen) atoms. The van der Waals surface area contributed by atoms with Gasteiger partial charge >= 0.3 is 5.97 Å². The van der Waals surface area contributed by atoms with Gasteiger partial charge in [-0.1, -0.05) is 18.2 Å². The van der Waals surface area contributed by atoms with Crippen LogP contribution in [-0.2, 0) is 11.2 Å². The molecule has 1 heterocycles. The lowest BCUT2D eigenvalue weighted by Gasteiger charge is -2.23. The van der Waals surface area contributed by atoms with E-state index >= 15 is 0 Å².